The Balaban J connectivity index is 1.68. The van der Waals surface area contributed by atoms with E-state index in [-0.39, 0.29) is 23.8 Å². The maximum absolute atomic E-state index is 12.4. The quantitative estimate of drug-likeness (QED) is 0.316. The minimum atomic E-state index is -0.857. The summed E-state index contributed by atoms with van der Waals surface area (Å²) in [6.07, 6.45) is 1.90. The van der Waals surface area contributed by atoms with Gasteiger partial charge >= 0.3 is 5.97 Å². The van der Waals surface area contributed by atoms with Crippen molar-refractivity contribution in [3.05, 3.63) is 64.2 Å². The van der Waals surface area contributed by atoms with E-state index in [1.807, 2.05) is 6.07 Å². The fourth-order valence-electron chi connectivity index (χ4n) is 2.67. The first-order valence-electron chi connectivity index (χ1n) is 8.94. The number of amides is 1. The third-order valence-corrected chi connectivity index (χ3v) is 4.29. The summed E-state index contributed by atoms with van der Waals surface area (Å²) in [6, 6.07) is 14.6. The highest BCUT2D eigenvalue weighted by Crippen LogP contribution is 2.31. The molecule has 0 radical (unpaired) electrons. The Labute approximate surface area is 166 Å². The summed E-state index contributed by atoms with van der Waals surface area (Å²) in [5.74, 6) is -1.43. The monoisotopic (exact) mass is 394 g/mol. The van der Waals surface area contributed by atoms with E-state index in [4.69, 9.17) is 10.00 Å². The number of para-hydroxylation sites is 1. The highest BCUT2D eigenvalue weighted by molar-refractivity contribution is 5.97. The second-order valence-corrected chi connectivity index (χ2v) is 6.46. The number of anilines is 2. The van der Waals surface area contributed by atoms with Gasteiger partial charge in [-0.25, -0.2) is 4.79 Å². The lowest BCUT2D eigenvalue weighted by Crippen LogP contribution is -2.35. The van der Waals surface area contributed by atoms with E-state index >= 15 is 0 Å². The molecule has 148 valence electrons. The van der Waals surface area contributed by atoms with Crippen molar-refractivity contribution in [2.45, 2.75) is 18.9 Å². The average Bonchev–Trinajstić information content (AvgIpc) is 3.54. The molecule has 0 bridgehead atoms. The zero-order valence-corrected chi connectivity index (χ0v) is 15.4. The first-order valence-corrected chi connectivity index (χ1v) is 8.94. The number of hydrogen-bond acceptors (Lipinski definition) is 7. The molecule has 1 aliphatic rings. The lowest BCUT2D eigenvalue weighted by Gasteiger charge is -2.19. The van der Waals surface area contributed by atoms with Crippen LogP contribution in [0.25, 0.3) is 0 Å². The topological polar surface area (TPSA) is 126 Å². The number of ether oxygens (including phenoxy) is 1. The number of nitro benzene ring substituents is 1. The Morgan fingerprint density at radius 1 is 1.24 bits per heavy atom. The van der Waals surface area contributed by atoms with Crippen LogP contribution in [0.3, 0.4) is 0 Å². The molecule has 9 heteroatoms. The smallest absolute Gasteiger partial charge is 0.338 e. The van der Waals surface area contributed by atoms with E-state index in [1.54, 1.807) is 30.3 Å². The number of nitriles is 1. The van der Waals surface area contributed by atoms with Gasteiger partial charge in [0.1, 0.15) is 12.2 Å². The Hall–Kier alpha value is -3.93. The van der Waals surface area contributed by atoms with Gasteiger partial charge in [0.2, 0.25) is 0 Å². The fraction of sp³-hybridized carbons (Fsp3) is 0.250. The zero-order valence-electron chi connectivity index (χ0n) is 15.4. The van der Waals surface area contributed by atoms with E-state index in [2.05, 4.69) is 5.32 Å². The maximum atomic E-state index is 12.4. The lowest BCUT2D eigenvalue weighted by molar-refractivity contribution is -0.384. The number of carbonyl (C=O) groups excluding carboxylic acids is 2. The predicted octanol–water partition coefficient (Wildman–Crippen LogP) is 2.88. The van der Waals surface area contributed by atoms with Gasteiger partial charge in [0.05, 0.1) is 16.6 Å². The molecule has 1 fully saturated rings. The Morgan fingerprint density at radius 2 is 1.97 bits per heavy atom. The van der Waals surface area contributed by atoms with E-state index < -0.39 is 23.4 Å². The van der Waals surface area contributed by atoms with Crippen molar-refractivity contribution in [3.8, 4) is 6.07 Å². The standard InChI is InChI=1S/C20H18N4O5/c21-10-11-23(16-4-2-1-3-5-16)19(25)13-29-20(26)14-6-9-17(22-15-7-8-15)18(12-14)24(27)28/h1-6,9,12,15,22H,7-8,11,13H2. The van der Waals surface area contributed by atoms with Crippen molar-refractivity contribution in [2.24, 2.45) is 0 Å². The minimum absolute atomic E-state index is 0.0302. The molecule has 2 aromatic carbocycles. The van der Waals surface area contributed by atoms with Gasteiger partial charge in [-0.15, -0.1) is 0 Å². The van der Waals surface area contributed by atoms with Gasteiger partial charge in [-0.05, 0) is 37.1 Å². The van der Waals surface area contributed by atoms with Crippen LogP contribution >= 0.6 is 0 Å². The fourth-order valence-corrected chi connectivity index (χ4v) is 2.67. The first-order chi connectivity index (χ1) is 14.0. The van der Waals surface area contributed by atoms with Crippen molar-refractivity contribution in [2.75, 3.05) is 23.4 Å². The van der Waals surface area contributed by atoms with Crippen LogP contribution in [0.5, 0.6) is 0 Å². The number of nitrogens with zero attached hydrogens (tertiary/aromatic N) is 3. The Bertz CT molecular complexity index is 967. The molecule has 0 aromatic heterocycles. The van der Waals surface area contributed by atoms with Gasteiger partial charge in [0, 0.05) is 17.8 Å². The van der Waals surface area contributed by atoms with Crippen molar-refractivity contribution in [3.63, 3.8) is 0 Å². The maximum Gasteiger partial charge on any atom is 0.338 e. The van der Waals surface area contributed by atoms with Crippen LogP contribution in [-0.2, 0) is 9.53 Å². The van der Waals surface area contributed by atoms with Crippen LogP contribution in [0.2, 0.25) is 0 Å². The van der Waals surface area contributed by atoms with Gasteiger partial charge in [-0.1, -0.05) is 18.2 Å². The molecule has 1 saturated carbocycles. The third-order valence-electron chi connectivity index (χ3n) is 4.29. The molecular formula is C20H18N4O5. The SMILES string of the molecule is N#CCN(C(=O)COC(=O)c1ccc(NC2CC2)c([N+](=O)[O-])c1)c1ccccc1. The van der Waals surface area contributed by atoms with Crippen molar-refractivity contribution in [1.82, 2.24) is 0 Å². The van der Waals surface area contributed by atoms with Gasteiger partial charge in [0.15, 0.2) is 6.61 Å². The number of carbonyl (C=O) groups is 2. The largest absolute Gasteiger partial charge is 0.452 e. The zero-order chi connectivity index (χ0) is 20.8. The van der Waals surface area contributed by atoms with E-state index in [0.29, 0.717) is 11.4 Å². The molecule has 1 amide bonds. The Kier molecular flexibility index (Phi) is 6.04. The second kappa shape index (κ2) is 8.84. The number of rotatable bonds is 8. The summed E-state index contributed by atoms with van der Waals surface area (Å²) in [6.45, 7) is -0.793. The summed E-state index contributed by atoms with van der Waals surface area (Å²) in [7, 11) is 0. The minimum Gasteiger partial charge on any atom is -0.452 e. The van der Waals surface area contributed by atoms with E-state index in [1.165, 1.54) is 17.0 Å². The number of hydrogen-bond donors (Lipinski definition) is 1. The molecule has 0 unspecified atom stereocenters. The molecule has 0 spiro atoms. The van der Waals surface area contributed by atoms with Gasteiger partial charge in [-0.3, -0.25) is 19.8 Å². The molecule has 0 aliphatic heterocycles. The molecule has 0 heterocycles. The van der Waals surface area contributed by atoms with E-state index in [0.717, 1.165) is 18.9 Å². The van der Waals surface area contributed by atoms with Crippen LogP contribution < -0.4 is 10.2 Å². The Morgan fingerprint density at radius 3 is 2.59 bits per heavy atom. The number of nitrogens with one attached hydrogen (secondary N) is 1. The highest BCUT2D eigenvalue weighted by Gasteiger charge is 2.26. The average molecular weight is 394 g/mol. The molecule has 0 saturated heterocycles. The van der Waals surface area contributed by atoms with Crippen LogP contribution in [0.15, 0.2) is 48.5 Å². The molecule has 2 aromatic rings. The van der Waals surface area contributed by atoms with Crippen LogP contribution in [0.4, 0.5) is 17.1 Å². The van der Waals surface area contributed by atoms with Gasteiger partial charge in [-0.2, -0.15) is 5.26 Å². The van der Waals surface area contributed by atoms with E-state index in [9.17, 15) is 19.7 Å². The summed E-state index contributed by atoms with van der Waals surface area (Å²) in [5.41, 5.74) is 0.584. The molecule has 1 N–H and O–H groups in total. The van der Waals surface area contributed by atoms with Gasteiger partial charge in [0.25, 0.3) is 11.6 Å². The number of benzene rings is 2. The van der Waals surface area contributed by atoms with Gasteiger partial charge < -0.3 is 10.1 Å². The van der Waals surface area contributed by atoms with Crippen LogP contribution in [0.1, 0.15) is 23.2 Å². The van der Waals surface area contributed by atoms with Crippen molar-refractivity contribution >= 4 is 28.9 Å². The second-order valence-electron chi connectivity index (χ2n) is 6.46. The molecule has 3 rings (SSSR count). The number of nitro groups is 1. The van der Waals surface area contributed by atoms with Crippen LogP contribution in [-0.4, -0.2) is 36.0 Å². The van der Waals surface area contributed by atoms with Crippen molar-refractivity contribution in [1.29, 1.82) is 5.26 Å². The molecule has 29 heavy (non-hydrogen) atoms. The molecular weight excluding hydrogens is 376 g/mol. The number of esters is 1. The highest BCUT2D eigenvalue weighted by atomic mass is 16.6. The third kappa shape index (κ3) is 5.07. The summed E-state index contributed by atoms with van der Waals surface area (Å²) >= 11 is 0. The van der Waals surface area contributed by atoms with Crippen molar-refractivity contribution < 1.29 is 19.2 Å². The summed E-state index contributed by atoms with van der Waals surface area (Å²) < 4.78 is 5.02. The van der Waals surface area contributed by atoms with Crippen LogP contribution in [0, 0.1) is 21.4 Å². The normalized spacial score (nSPS) is 12.5. The predicted molar refractivity (Wildman–Crippen MR) is 104 cm³/mol. The lowest BCUT2D eigenvalue weighted by atomic mass is 10.1. The first kappa shape index (κ1) is 19.8. The summed E-state index contributed by atoms with van der Waals surface area (Å²) in [5, 5.41) is 23.3. The molecule has 1 aliphatic carbocycles. The molecule has 9 nitrogen and oxygen atoms in total. The summed E-state index contributed by atoms with van der Waals surface area (Å²) in [4.78, 5) is 36.6. The molecule has 0 atom stereocenters.